The van der Waals surface area contributed by atoms with Crippen LogP contribution in [0.25, 0.3) is 0 Å². The van der Waals surface area contributed by atoms with E-state index in [1.807, 2.05) is 0 Å². The summed E-state index contributed by atoms with van der Waals surface area (Å²) >= 11 is 4.08. The summed E-state index contributed by atoms with van der Waals surface area (Å²) in [4.78, 5) is 13.2. The van der Waals surface area contributed by atoms with E-state index in [9.17, 15) is 9.18 Å². The maximum Gasteiger partial charge on any atom is 0.235 e. The number of rotatable bonds is 3. The van der Waals surface area contributed by atoms with Gasteiger partial charge < -0.3 is 4.90 Å². The Bertz CT molecular complexity index is 381. The Hall–Kier alpha value is -1.03. The van der Waals surface area contributed by atoms with Gasteiger partial charge in [0.2, 0.25) is 5.91 Å². The minimum absolute atomic E-state index is 0.112. The van der Waals surface area contributed by atoms with Gasteiger partial charge in [-0.25, -0.2) is 4.39 Å². The topological polar surface area (TPSA) is 20.3 Å². The van der Waals surface area contributed by atoms with Gasteiger partial charge in [-0.3, -0.25) is 4.79 Å². The second kappa shape index (κ2) is 5.34. The fraction of sp³-hybridized carbons (Fsp3) is 0.417. The highest BCUT2D eigenvalue weighted by atomic mass is 32.1. The molecule has 0 saturated carbocycles. The quantitative estimate of drug-likeness (QED) is 0.807. The SMILES string of the molecule is CC(S)C(=O)N(C)C(C)c1ccccc1F. The van der Waals surface area contributed by atoms with E-state index in [-0.39, 0.29) is 23.0 Å². The second-order valence-electron chi connectivity index (χ2n) is 3.82. The lowest BCUT2D eigenvalue weighted by molar-refractivity contribution is -0.130. The molecule has 1 amide bonds. The van der Waals surface area contributed by atoms with Crippen molar-refractivity contribution in [1.29, 1.82) is 0 Å². The zero-order valence-electron chi connectivity index (χ0n) is 9.64. The Morgan fingerprint density at radius 2 is 1.94 bits per heavy atom. The lowest BCUT2D eigenvalue weighted by Crippen LogP contribution is -2.34. The minimum Gasteiger partial charge on any atom is -0.338 e. The summed E-state index contributed by atoms with van der Waals surface area (Å²) in [6.07, 6.45) is 0. The first-order chi connectivity index (χ1) is 7.45. The average molecular weight is 241 g/mol. The van der Waals surface area contributed by atoms with Crippen LogP contribution in [0.2, 0.25) is 0 Å². The lowest BCUT2D eigenvalue weighted by atomic mass is 10.1. The molecule has 88 valence electrons. The number of nitrogens with zero attached hydrogens (tertiary/aromatic N) is 1. The van der Waals surface area contributed by atoms with Gasteiger partial charge in [0.25, 0.3) is 0 Å². The molecule has 0 aliphatic carbocycles. The van der Waals surface area contributed by atoms with Crippen LogP contribution in [0.1, 0.15) is 25.5 Å². The van der Waals surface area contributed by atoms with E-state index in [1.165, 1.54) is 11.0 Å². The Kier molecular flexibility index (Phi) is 4.35. The number of thiol groups is 1. The Balaban J connectivity index is 2.90. The van der Waals surface area contributed by atoms with Crippen molar-refractivity contribution < 1.29 is 9.18 Å². The monoisotopic (exact) mass is 241 g/mol. The van der Waals surface area contributed by atoms with Crippen LogP contribution in [0.15, 0.2) is 24.3 Å². The third kappa shape index (κ3) is 2.76. The molecule has 0 saturated heterocycles. The molecule has 1 aromatic carbocycles. The van der Waals surface area contributed by atoms with E-state index in [0.717, 1.165) is 0 Å². The van der Waals surface area contributed by atoms with Gasteiger partial charge in [0.05, 0.1) is 11.3 Å². The van der Waals surface area contributed by atoms with Crippen molar-refractivity contribution in [2.45, 2.75) is 25.1 Å². The summed E-state index contributed by atoms with van der Waals surface area (Å²) in [5.41, 5.74) is 0.521. The van der Waals surface area contributed by atoms with E-state index >= 15 is 0 Å². The lowest BCUT2D eigenvalue weighted by Gasteiger charge is -2.26. The Morgan fingerprint density at radius 3 is 2.44 bits per heavy atom. The summed E-state index contributed by atoms with van der Waals surface area (Å²) in [6.45, 7) is 3.50. The van der Waals surface area contributed by atoms with Gasteiger partial charge >= 0.3 is 0 Å². The van der Waals surface area contributed by atoms with Gasteiger partial charge in [-0.1, -0.05) is 18.2 Å². The normalized spacial score (nSPS) is 14.3. The zero-order valence-corrected chi connectivity index (χ0v) is 10.5. The van der Waals surface area contributed by atoms with E-state index < -0.39 is 0 Å². The van der Waals surface area contributed by atoms with E-state index in [1.54, 1.807) is 39.1 Å². The van der Waals surface area contributed by atoms with Gasteiger partial charge in [-0.15, -0.1) is 0 Å². The molecule has 16 heavy (non-hydrogen) atoms. The van der Waals surface area contributed by atoms with Crippen molar-refractivity contribution in [1.82, 2.24) is 4.90 Å². The molecule has 1 rings (SSSR count). The maximum absolute atomic E-state index is 13.5. The number of halogens is 1. The van der Waals surface area contributed by atoms with Crippen LogP contribution in [0, 0.1) is 5.82 Å². The molecular weight excluding hydrogens is 225 g/mol. The number of carbonyl (C=O) groups excluding carboxylic acids is 1. The molecule has 1 aromatic rings. The molecule has 2 nitrogen and oxygen atoms in total. The largest absolute Gasteiger partial charge is 0.338 e. The van der Waals surface area contributed by atoms with Crippen molar-refractivity contribution >= 4 is 18.5 Å². The summed E-state index contributed by atoms with van der Waals surface area (Å²) in [6, 6.07) is 6.19. The molecule has 0 aliphatic heterocycles. The molecule has 2 unspecified atom stereocenters. The van der Waals surface area contributed by atoms with Crippen molar-refractivity contribution in [2.75, 3.05) is 7.05 Å². The van der Waals surface area contributed by atoms with Crippen molar-refractivity contribution in [3.8, 4) is 0 Å². The highest BCUT2D eigenvalue weighted by Crippen LogP contribution is 2.22. The van der Waals surface area contributed by atoms with Crippen molar-refractivity contribution in [3.05, 3.63) is 35.6 Å². The standard InChI is InChI=1S/C12H16FNOS/c1-8(14(3)12(15)9(2)16)10-6-4-5-7-11(10)13/h4-9,16H,1-3H3. The molecule has 0 aliphatic rings. The summed E-state index contributed by atoms with van der Waals surface area (Å²) < 4.78 is 13.5. The number of benzene rings is 1. The molecule has 0 bridgehead atoms. The van der Waals surface area contributed by atoms with Crippen molar-refractivity contribution in [2.24, 2.45) is 0 Å². The third-order valence-electron chi connectivity index (χ3n) is 2.64. The smallest absolute Gasteiger partial charge is 0.235 e. The first-order valence-corrected chi connectivity index (χ1v) is 5.66. The molecule has 0 spiro atoms. The van der Waals surface area contributed by atoms with Crippen LogP contribution in [-0.4, -0.2) is 23.1 Å². The molecule has 0 aromatic heterocycles. The number of carbonyl (C=O) groups is 1. The maximum atomic E-state index is 13.5. The highest BCUT2D eigenvalue weighted by Gasteiger charge is 2.21. The molecule has 4 heteroatoms. The van der Waals surface area contributed by atoms with Crippen LogP contribution in [0.5, 0.6) is 0 Å². The average Bonchev–Trinajstić information content (AvgIpc) is 2.26. The molecule has 0 radical (unpaired) electrons. The number of hydrogen-bond acceptors (Lipinski definition) is 2. The van der Waals surface area contributed by atoms with Crippen LogP contribution in [0.3, 0.4) is 0 Å². The Labute approximate surface area is 101 Å². The summed E-state index contributed by atoms with van der Waals surface area (Å²) in [5.74, 6) is -0.402. The van der Waals surface area contributed by atoms with E-state index in [2.05, 4.69) is 12.6 Å². The van der Waals surface area contributed by atoms with Gasteiger partial charge in [0.15, 0.2) is 0 Å². The highest BCUT2D eigenvalue weighted by molar-refractivity contribution is 7.81. The zero-order chi connectivity index (χ0) is 12.3. The summed E-state index contributed by atoms with van der Waals surface area (Å²) in [5, 5.41) is -0.376. The van der Waals surface area contributed by atoms with Crippen LogP contribution in [0.4, 0.5) is 4.39 Å². The van der Waals surface area contributed by atoms with Gasteiger partial charge in [-0.2, -0.15) is 12.6 Å². The second-order valence-corrected chi connectivity index (χ2v) is 4.60. The van der Waals surface area contributed by atoms with Gasteiger partial charge in [0, 0.05) is 12.6 Å². The molecule has 2 atom stereocenters. The molecule has 0 fully saturated rings. The van der Waals surface area contributed by atoms with E-state index in [4.69, 9.17) is 0 Å². The Morgan fingerprint density at radius 1 is 1.38 bits per heavy atom. The fourth-order valence-electron chi connectivity index (χ4n) is 1.51. The van der Waals surface area contributed by atoms with Crippen LogP contribution in [-0.2, 0) is 4.79 Å². The first kappa shape index (κ1) is 13.0. The molecule has 0 heterocycles. The summed E-state index contributed by atoms with van der Waals surface area (Å²) in [7, 11) is 1.66. The molecular formula is C12H16FNOS. The van der Waals surface area contributed by atoms with Crippen LogP contribution >= 0.6 is 12.6 Å². The number of hydrogen-bond donors (Lipinski definition) is 1. The van der Waals surface area contributed by atoms with Crippen molar-refractivity contribution in [3.63, 3.8) is 0 Å². The van der Waals surface area contributed by atoms with Crippen LogP contribution < -0.4 is 0 Å². The first-order valence-electron chi connectivity index (χ1n) is 5.14. The predicted molar refractivity (Wildman–Crippen MR) is 66.0 cm³/mol. The molecule has 0 N–H and O–H groups in total. The third-order valence-corrected chi connectivity index (χ3v) is 2.86. The van der Waals surface area contributed by atoms with Gasteiger partial charge in [-0.05, 0) is 19.9 Å². The van der Waals surface area contributed by atoms with Gasteiger partial charge in [0.1, 0.15) is 5.82 Å². The predicted octanol–water partition coefficient (Wildman–Crippen LogP) is 2.66. The fourth-order valence-corrected chi connectivity index (χ4v) is 1.69. The minimum atomic E-state index is -0.376. The number of amides is 1. The van der Waals surface area contributed by atoms with E-state index in [0.29, 0.717) is 5.56 Å².